The molecule has 0 unspecified atom stereocenters. The number of hydrogen-bond acceptors (Lipinski definition) is 2. The van der Waals surface area contributed by atoms with E-state index < -0.39 is 17.7 Å². The molecule has 1 rings (SSSR count). The van der Waals surface area contributed by atoms with Gasteiger partial charge < -0.3 is 5.11 Å². The fraction of sp³-hybridized carbons (Fsp3) is 0.417. The zero-order chi connectivity index (χ0) is 13.6. The molecule has 0 amide bonds. The molecule has 0 aromatic heterocycles. The van der Waals surface area contributed by atoms with Crippen molar-refractivity contribution in [3.8, 4) is 0 Å². The van der Waals surface area contributed by atoms with E-state index in [0.29, 0.717) is 12.2 Å². The molecule has 1 aromatic rings. The Labute approximate surface area is 107 Å². The molecule has 0 aliphatic carbocycles. The van der Waals surface area contributed by atoms with E-state index >= 15 is 0 Å². The molecule has 1 aromatic carbocycles. The molecule has 0 saturated heterocycles. The van der Waals surface area contributed by atoms with Gasteiger partial charge in [0.25, 0.3) is 0 Å². The second-order valence-electron chi connectivity index (χ2n) is 3.72. The molecule has 0 spiro atoms. The van der Waals surface area contributed by atoms with Crippen LogP contribution in [0.25, 0.3) is 0 Å². The van der Waals surface area contributed by atoms with Gasteiger partial charge in [-0.15, -0.1) is 11.8 Å². The summed E-state index contributed by atoms with van der Waals surface area (Å²) >= 11 is 1.43. The minimum Gasteiger partial charge on any atom is -0.481 e. The van der Waals surface area contributed by atoms with Crippen LogP contribution in [0.5, 0.6) is 0 Å². The number of carboxylic acid groups (broad SMARTS) is 1. The molecule has 1 N–H and O–H groups in total. The molecule has 0 heterocycles. The van der Waals surface area contributed by atoms with Gasteiger partial charge in [0, 0.05) is 11.3 Å². The summed E-state index contributed by atoms with van der Waals surface area (Å²) in [6.07, 6.45) is -2.85. The number of alkyl halides is 3. The van der Waals surface area contributed by atoms with Gasteiger partial charge in [0.1, 0.15) is 0 Å². The lowest BCUT2D eigenvalue weighted by molar-refractivity contribution is -0.138. The maximum atomic E-state index is 12.3. The van der Waals surface area contributed by atoms with Crippen molar-refractivity contribution in [2.24, 2.45) is 0 Å². The predicted molar refractivity (Wildman–Crippen MR) is 63.7 cm³/mol. The lowest BCUT2D eigenvalue weighted by Crippen LogP contribution is -2.03. The van der Waals surface area contributed by atoms with Gasteiger partial charge in [0.15, 0.2) is 0 Å². The van der Waals surface area contributed by atoms with Gasteiger partial charge in [0.2, 0.25) is 0 Å². The van der Waals surface area contributed by atoms with Crippen molar-refractivity contribution in [2.75, 3.05) is 5.75 Å². The lowest BCUT2D eigenvalue weighted by Gasteiger charge is -2.07. The van der Waals surface area contributed by atoms with E-state index in [1.807, 2.05) is 0 Å². The SMILES string of the molecule is O=C(O)CCCCSc1ccc(C(F)(F)F)cc1. The van der Waals surface area contributed by atoms with E-state index in [1.165, 1.54) is 23.9 Å². The maximum absolute atomic E-state index is 12.3. The minimum absolute atomic E-state index is 0.133. The van der Waals surface area contributed by atoms with Crippen molar-refractivity contribution in [2.45, 2.75) is 30.3 Å². The molecule has 0 bridgehead atoms. The van der Waals surface area contributed by atoms with Gasteiger partial charge in [-0.2, -0.15) is 13.2 Å². The second kappa shape index (κ2) is 6.68. The summed E-state index contributed by atoms with van der Waals surface area (Å²) in [5.41, 5.74) is -0.655. The van der Waals surface area contributed by atoms with E-state index in [-0.39, 0.29) is 6.42 Å². The third-order valence-electron chi connectivity index (χ3n) is 2.24. The Balaban J connectivity index is 2.33. The van der Waals surface area contributed by atoms with Gasteiger partial charge >= 0.3 is 12.1 Å². The summed E-state index contributed by atoms with van der Waals surface area (Å²) < 4.78 is 36.9. The first-order valence-corrected chi connectivity index (χ1v) is 6.40. The number of carboxylic acids is 1. The molecule has 0 aliphatic rings. The first kappa shape index (κ1) is 14.9. The van der Waals surface area contributed by atoms with Crippen molar-refractivity contribution in [3.63, 3.8) is 0 Å². The Bertz CT molecular complexity index is 387. The third kappa shape index (κ3) is 5.44. The smallest absolute Gasteiger partial charge is 0.416 e. The minimum atomic E-state index is -4.30. The van der Waals surface area contributed by atoms with E-state index in [9.17, 15) is 18.0 Å². The molecule has 0 aliphatic heterocycles. The van der Waals surface area contributed by atoms with Gasteiger partial charge in [-0.3, -0.25) is 4.79 Å². The van der Waals surface area contributed by atoms with Crippen LogP contribution in [0.4, 0.5) is 13.2 Å². The molecule has 0 radical (unpaired) electrons. The van der Waals surface area contributed by atoms with Crippen LogP contribution in [-0.2, 0) is 11.0 Å². The zero-order valence-corrected chi connectivity index (χ0v) is 10.4. The highest BCUT2D eigenvalue weighted by Gasteiger charge is 2.29. The first-order valence-electron chi connectivity index (χ1n) is 5.41. The standard InChI is InChI=1S/C12H13F3O2S/c13-12(14,15)9-4-6-10(7-5-9)18-8-2-1-3-11(16)17/h4-7H,1-3,8H2,(H,16,17). The van der Waals surface area contributed by atoms with Crippen LogP contribution in [0.1, 0.15) is 24.8 Å². The van der Waals surface area contributed by atoms with Crippen LogP contribution in [-0.4, -0.2) is 16.8 Å². The molecule has 0 fully saturated rings. The summed E-state index contributed by atoms with van der Waals surface area (Å²) in [6.45, 7) is 0. The number of benzene rings is 1. The molecule has 18 heavy (non-hydrogen) atoms. The van der Waals surface area contributed by atoms with Crippen molar-refractivity contribution in [3.05, 3.63) is 29.8 Å². The summed E-state index contributed by atoms with van der Waals surface area (Å²) in [7, 11) is 0. The number of unbranched alkanes of at least 4 members (excludes halogenated alkanes) is 1. The monoisotopic (exact) mass is 278 g/mol. The van der Waals surface area contributed by atoms with Crippen molar-refractivity contribution in [1.82, 2.24) is 0 Å². The normalized spacial score (nSPS) is 11.5. The van der Waals surface area contributed by atoms with E-state index in [2.05, 4.69) is 0 Å². The summed E-state index contributed by atoms with van der Waals surface area (Å²) in [4.78, 5) is 11.0. The molecule has 0 atom stereocenters. The van der Waals surface area contributed by atoms with Gasteiger partial charge in [-0.1, -0.05) is 0 Å². The second-order valence-corrected chi connectivity index (χ2v) is 4.89. The topological polar surface area (TPSA) is 37.3 Å². The van der Waals surface area contributed by atoms with Gasteiger partial charge in [-0.25, -0.2) is 0 Å². The molecule has 100 valence electrons. The quantitative estimate of drug-likeness (QED) is 0.630. The number of halogens is 3. The third-order valence-corrected chi connectivity index (χ3v) is 3.33. The first-order chi connectivity index (χ1) is 8.39. The summed E-state index contributed by atoms with van der Waals surface area (Å²) in [5, 5.41) is 8.42. The Kier molecular flexibility index (Phi) is 5.53. The zero-order valence-electron chi connectivity index (χ0n) is 9.54. The van der Waals surface area contributed by atoms with Gasteiger partial charge in [0.05, 0.1) is 5.56 Å². The largest absolute Gasteiger partial charge is 0.481 e. The number of thioether (sulfide) groups is 1. The van der Waals surface area contributed by atoms with E-state index in [0.717, 1.165) is 23.4 Å². The van der Waals surface area contributed by atoms with Crippen LogP contribution in [0.15, 0.2) is 29.2 Å². The van der Waals surface area contributed by atoms with Crippen LogP contribution in [0.3, 0.4) is 0 Å². The average molecular weight is 278 g/mol. The molecule has 0 saturated carbocycles. The molecule has 2 nitrogen and oxygen atoms in total. The van der Waals surface area contributed by atoms with Crippen LogP contribution >= 0.6 is 11.8 Å². The summed E-state index contributed by atoms with van der Waals surface area (Å²) in [6, 6.07) is 4.98. The molecular formula is C12H13F3O2S. The van der Waals surface area contributed by atoms with Crippen LogP contribution in [0, 0.1) is 0 Å². The van der Waals surface area contributed by atoms with Gasteiger partial charge in [-0.05, 0) is 42.9 Å². The number of carbonyl (C=O) groups is 1. The van der Waals surface area contributed by atoms with Crippen molar-refractivity contribution in [1.29, 1.82) is 0 Å². The highest BCUT2D eigenvalue weighted by Crippen LogP contribution is 2.30. The number of aliphatic carboxylic acids is 1. The summed E-state index contributed by atoms with van der Waals surface area (Å²) in [5.74, 6) is -0.118. The fourth-order valence-corrected chi connectivity index (χ4v) is 2.22. The highest BCUT2D eigenvalue weighted by molar-refractivity contribution is 7.99. The van der Waals surface area contributed by atoms with Crippen molar-refractivity contribution >= 4 is 17.7 Å². The Morgan fingerprint density at radius 1 is 1.17 bits per heavy atom. The Morgan fingerprint density at radius 3 is 2.28 bits per heavy atom. The van der Waals surface area contributed by atoms with E-state index in [4.69, 9.17) is 5.11 Å². The Morgan fingerprint density at radius 2 is 1.78 bits per heavy atom. The van der Waals surface area contributed by atoms with Crippen LogP contribution < -0.4 is 0 Å². The van der Waals surface area contributed by atoms with E-state index in [1.54, 1.807) is 0 Å². The van der Waals surface area contributed by atoms with Crippen LogP contribution in [0.2, 0.25) is 0 Å². The average Bonchev–Trinajstić information content (AvgIpc) is 2.27. The van der Waals surface area contributed by atoms with Crippen molar-refractivity contribution < 1.29 is 23.1 Å². The maximum Gasteiger partial charge on any atom is 0.416 e. The number of hydrogen-bond donors (Lipinski definition) is 1. The predicted octanol–water partition coefficient (Wildman–Crippen LogP) is 4.05. The molecular weight excluding hydrogens is 265 g/mol. The highest BCUT2D eigenvalue weighted by atomic mass is 32.2. The fourth-order valence-electron chi connectivity index (χ4n) is 1.31. The molecule has 6 heteroatoms. The lowest BCUT2D eigenvalue weighted by atomic mass is 10.2. The number of rotatable bonds is 6. The Hall–Kier alpha value is -1.17.